The van der Waals surface area contributed by atoms with Crippen molar-refractivity contribution in [1.82, 2.24) is 4.98 Å². The Morgan fingerprint density at radius 1 is 0.593 bits per heavy atom. The van der Waals surface area contributed by atoms with Gasteiger partial charge in [0.2, 0.25) is 0 Å². The van der Waals surface area contributed by atoms with Gasteiger partial charge in [-0.15, -0.1) is 0 Å². The number of aromatic nitrogens is 1. The van der Waals surface area contributed by atoms with Crippen LogP contribution in [0.4, 0.5) is 11.4 Å². The van der Waals surface area contributed by atoms with Crippen molar-refractivity contribution in [1.29, 1.82) is 0 Å². The molecule has 0 aliphatic heterocycles. The quantitative estimate of drug-likeness (QED) is 0.288. The van der Waals surface area contributed by atoms with E-state index < -0.39 is 0 Å². The molecule has 0 aliphatic rings. The van der Waals surface area contributed by atoms with E-state index in [1.807, 2.05) is 18.2 Å². The molecule has 0 unspecified atom stereocenters. The van der Waals surface area contributed by atoms with Crippen LogP contribution in [0.25, 0.3) is 0 Å². The van der Waals surface area contributed by atoms with E-state index in [2.05, 4.69) is 15.0 Å². The van der Waals surface area contributed by atoms with Crippen LogP contribution in [0.3, 0.4) is 0 Å². The van der Waals surface area contributed by atoms with Crippen LogP contribution in [0.2, 0.25) is 20.1 Å². The minimum absolute atomic E-state index is 0. The van der Waals surface area contributed by atoms with E-state index >= 15 is 0 Å². The second-order valence-corrected chi connectivity index (χ2v) is 6.77. The van der Waals surface area contributed by atoms with Crippen LogP contribution in [-0.4, -0.2) is 17.4 Å². The van der Waals surface area contributed by atoms with Gasteiger partial charge in [-0.05, 0) is 36.4 Å². The number of benzene rings is 2. The molecule has 0 fully saturated rings. The summed E-state index contributed by atoms with van der Waals surface area (Å²) in [5, 5.41) is 1.89. The molecule has 3 nitrogen and oxygen atoms in total. The summed E-state index contributed by atoms with van der Waals surface area (Å²) in [6, 6.07) is 15.9. The van der Waals surface area contributed by atoms with Gasteiger partial charge in [0.25, 0.3) is 0 Å². The van der Waals surface area contributed by atoms with Crippen LogP contribution in [0.5, 0.6) is 0 Å². The van der Waals surface area contributed by atoms with Gasteiger partial charge in [0, 0.05) is 17.1 Å². The third kappa shape index (κ3) is 5.79. The van der Waals surface area contributed by atoms with Gasteiger partial charge in [0.05, 0.1) is 43.9 Å². The van der Waals surface area contributed by atoms with Crippen LogP contribution < -0.4 is 0 Å². The Hall–Kier alpha value is -1.39. The Labute approximate surface area is 187 Å². The standard InChI is InChI=1S/C19H11Cl4N3.Fe/c20-14-6-2-7-15(21)18(14)24-10-12-4-1-5-13(26-12)11-25-19-16(22)8-3-9-17(19)23;/h1-11H;. The van der Waals surface area contributed by atoms with Crippen molar-refractivity contribution in [3.8, 4) is 0 Å². The number of pyridine rings is 1. The Morgan fingerprint density at radius 3 is 1.30 bits per heavy atom. The second kappa shape index (κ2) is 10.2. The summed E-state index contributed by atoms with van der Waals surface area (Å²) in [4.78, 5) is 13.1. The third-order valence-corrected chi connectivity index (χ3v) is 4.54. The van der Waals surface area contributed by atoms with Crippen LogP contribution in [-0.2, 0) is 17.1 Å². The molecule has 0 N–H and O–H groups in total. The number of aliphatic imine (C=N–C) groups is 2. The molecule has 27 heavy (non-hydrogen) atoms. The Bertz CT molecular complexity index is 889. The van der Waals surface area contributed by atoms with Crippen LogP contribution in [0.15, 0.2) is 64.6 Å². The molecule has 8 heteroatoms. The first-order chi connectivity index (χ1) is 12.5. The monoisotopic (exact) mass is 477 g/mol. The van der Waals surface area contributed by atoms with Crippen LogP contribution >= 0.6 is 46.4 Å². The van der Waals surface area contributed by atoms with Crippen molar-refractivity contribution in [2.45, 2.75) is 0 Å². The molecule has 0 atom stereocenters. The summed E-state index contributed by atoms with van der Waals surface area (Å²) in [7, 11) is 0. The summed E-state index contributed by atoms with van der Waals surface area (Å²) in [6.45, 7) is 0. The predicted molar refractivity (Wildman–Crippen MR) is 112 cm³/mol. The van der Waals surface area contributed by atoms with E-state index in [0.29, 0.717) is 42.9 Å². The van der Waals surface area contributed by atoms with E-state index in [4.69, 9.17) is 46.4 Å². The molecule has 3 aromatic rings. The van der Waals surface area contributed by atoms with E-state index in [0.717, 1.165) is 0 Å². The molecule has 138 valence electrons. The average Bonchev–Trinajstić information content (AvgIpc) is 2.61. The Balaban J connectivity index is 0.00000261. The van der Waals surface area contributed by atoms with Crippen molar-refractivity contribution in [3.05, 3.63) is 86.1 Å². The fourth-order valence-corrected chi connectivity index (χ4v) is 3.09. The molecule has 1 heterocycles. The third-order valence-electron chi connectivity index (χ3n) is 3.32. The minimum atomic E-state index is 0. The van der Waals surface area contributed by atoms with E-state index in [1.165, 1.54) is 0 Å². The maximum absolute atomic E-state index is 6.11. The summed E-state index contributed by atoms with van der Waals surface area (Å²) >= 11 is 24.4. The van der Waals surface area contributed by atoms with Gasteiger partial charge in [-0.3, -0.25) is 9.98 Å². The zero-order chi connectivity index (χ0) is 18.5. The molecule has 0 saturated heterocycles. The van der Waals surface area contributed by atoms with Gasteiger partial charge >= 0.3 is 0 Å². The Kier molecular flexibility index (Phi) is 8.30. The molecule has 1 aromatic heterocycles. The number of hydrogen-bond acceptors (Lipinski definition) is 3. The second-order valence-electron chi connectivity index (χ2n) is 5.14. The van der Waals surface area contributed by atoms with Gasteiger partial charge in [-0.2, -0.15) is 0 Å². The molecule has 3 rings (SSSR count). The number of nitrogens with zero attached hydrogens (tertiary/aromatic N) is 3. The molecular weight excluding hydrogens is 468 g/mol. The van der Waals surface area contributed by atoms with Gasteiger partial charge in [0.15, 0.2) is 0 Å². The first-order valence-corrected chi connectivity index (χ1v) is 8.99. The van der Waals surface area contributed by atoms with Crippen LogP contribution in [0, 0.1) is 0 Å². The zero-order valence-electron chi connectivity index (χ0n) is 13.6. The number of hydrogen-bond donors (Lipinski definition) is 0. The average molecular weight is 479 g/mol. The predicted octanol–water partition coefficient (Wildman–Crippen LogP) is 7.19. The first kappa shape index (κ1) is 21.9. The summed E-state index contributed by atoms with van der Waals surface area (Å²) in [6.07, 6.45) is 3.18. The van der Waals surface area contributed by atoms with Crippen molar-refractivity contribution < 1.29 is 17.1 Å². The van der Waals surface area contributed by atoms with E-state index in [9.17, 15) is 0 Å². The fourth-order valence-electron chi connectivity index (χ4n) is 2.10. The number of rotatable bonds is 4. The Morgan fingerprint density at radius 2 is 0.926 bits per heavy atom. The smallest absolute Gasteiger partial charge is 0.100 e. The van der Waals surface area contributed by atoms with Crippen LogP contribution in [0.1, 0.15) is 11.4 Å². The molecular formula is C19H11Cl4FeN3. The van der Waals surface area contributed by atoms with Crippen molar-refractivity contribution in [3.63, 3.8) is 0 Å². The first-order valence-electron chi connectivity index (χ1n) is 7.48. The largest absolute Gasteiger partial charge is 0.251 e. The minimum Gasteiger partial charge on any atom is -0.251 e. The molecule has 0 aliphatic carbocycles. The number of para-hydroxylation sites is 2. The number of halogens is 4. The maximum atomic E-state index is 6.11. The molecule has 0 spiro atoms. The normalized spacial score (nSPS) is 11.1. The van der Waals surface area contributed by atoms with Gasteiger partial charge in [0.1, 0.15) is 11.4 Å². The zero-order valence-corrected chi connectivity index (χ0v) is 17.7. The SMILES string of the molecule is Clc1cccc(Cl)c1N=Cc1cccc(C=Nc2c(Cl)cccc2Cl)n1.[Fe]. The summed E-state index contributed by atoms with van der Waals surface area (Å²) < 4.78 is 0. The summed E-state index contributed by atoms with van der Waals surface area (Å²) in [5.74, 6) is 0. The van der Waals surface area contributed by atoms with Gasteiger partial charge < -0.3 is 0 Å². The van der Waals surface area contributed by atoms with E-state index in [-0.39, 0.29) is 17.1 Å². The van der Waals surface area contributed by atoms with Crippen molar-refractivity contribution >= 4 is 70.2 Å². The molecule has 0 radical (unpaired) electrons. The summed E-state index contributed by atoms with van der Waals surface area (Å²) in [5.41, 5.74) is 2.27. The van der Waals surface area contributed by atoms with E-state index in [1.54, 1.807) is 48.8 Å². The van der Waals surface area contributed by atoms with Crippen molar-refractivity contribution in [2.75, 3.05) is 0 Å². The topological polar surface area (TPSA) is 37.6 Å². The van der Waals surface area contributed by atoms with Crippen molar-refractivity contribution in [2.24, 2.45) is 9.98 Å². The van der Waals surface area contributed by atoms with Gasteiger partial charge in [-0.25, -0.2) is 4.98 Å². The molecule has 2 aromatic carbocycles. The maximum Gasteiger partial charge on any atom is 0.100 e. The molecule has 0 bridgehead atoms. The fraction of sp³-hybridized carbons (Fsp3) is 0. The molecule has 0 amide bonds. The molecule has 0 saturated carbocycles. The van der Waals surface area contributed by atoms with Gasteiger partial charge in [-0.1, -0.05) is 64.6 Å².